The van der Waals surface area contributed by atoms with Gasteiger partial charge in [0.2, 0.25) is 0 Å². The Morgan fingerprint density at radius 1 is 1.50 bits per heavy atom. The molecule has 0 aliphatic rings. The molecule has 0 aliphatic carbocycles. The molecule has 0 N–H and O–H groups in total. The molecule has 0 aromatic carbocycles. The van der Waals surface area contributed by atoms with Crippen molar-refractivity contribution in [2.45, 2.75) is 20.3 Å². The third-order valence-corrected chi connectivity index (χ3v) is 1.55. The zero-order chi connectivity index (χ0) is 7.56. The number of pyridine rings is 1. The first kappa shape index (κ1) is 7.55. The summed E-state index contributed by atoms with van der Waals surface area (Å²) >= 11 is 5.79. The molecule has 54 valence electrons. The number of aryl methyl sites for hydroxylation is 2. The minimum absolute atomic E-state index is 0.782. The highest BCUT2D eigenvalue weighted by Crippen LogP contribution is 2.11. The van der Waals surface area contributed by atoms with Crippen molar-refractivity contribution in [1.29, 1.82) is 0 Å². The van der Waals surface area contributed by atoms with Crippen LogP contribution in [-0.2, 0) is 6.42 Å². The second-order valence-electron chi connectivity index (χ2n) is 2.27. The Kier molecular flexibility index (Phi) is 2.28. The Morgan fingerprint density at radius 3 is 2.70 bits per heavy atom. The van der Waals surface area contributed by atoms with Gasteiger partial charge in [0.25, 0.3) is 0 Å². The molecule has 0 aliphatic heterocycles. The second kappa shape index (κ2) is 3.02. The van der Waals surface area contributed by atoms with Crippen LogP contribution >= 0.6 is 11.6 Å². The predicted octanol–water partition coefficient (Wildman–Crippen LogP) is 2.61. The van der Waals surface area contributed by atoms with Crippen molar-refractivity contribution in [3.8, 4) is 0 Å². The van der Waals surface area contributed by atoms with Gasteiger partial charge in [-0.3, -0.25) is 4.98 Å². The topological polar surface area (TPSA) is 12.9 Å². The Balaban J connectivity index is 3.06. The minimum atomic E-state index is 0.782. The van der Waals surface area contributed by atoms with Crippen LogP contribution in [0.15, 0.2) is 12.1 Å². The Labute approximate surface area is 66.0 Å². The molecule has 1 rings (SSSR count). The molecule has 10 heavy (non-hydrogen) atoms. The second-order valence-corrected chi connectivity index (χ2v) is 2.71. The Bertz CT molecular complexity index is 212. The first-order valence-corrected chi connectivity index (χ1v) is 3.73. The molecule has 0 saturated heterocycles. The summed E-state index contributed by atoms with van der Waals surface area (Å²) in [4.78, 5) is 4.27. The van der Waals surface area contributed by atoms with Gasteiger partial charge in [0.05, 0.1) is 0 Å². The molecule has 0 radical (unpaired) electrons. The molecule has 0 spiro atoms. The average molecular weight is 156 g/mol. The summed E-state index contributed by atoms with van der Waals surface area (Å²) in [7, 11) is 0. The lowest BCUT2D eigenvalue weighted by atomic mass is 10.3. The van der Waals surface area contributed by atoms with E-state index < -0.39 is 0 Å². The number of nitrogens with zero attached hydrogens (tertiary/aromatic N) is 1. The zero-order valence-corrected chi connectivity index (χ0v) is 6.94. The van der Waals surface area contributed by atoms with Crippen LogP contribution in [0, 0.1) is 6.92 Å². The quantitative estimate of drug-likeness (QED) is 0.608. The molecule has 1 aromatic heterocycles. The lowest BCUT2D eigenvalue weighted by Crippen LogP contribution is -1.88. The summed E-state index contributed by atoms with van der Waals surface area (Å²) in [5.41, 5.74) is 2.05. The summed E-state index contributed by atoms with van der Waals surface area (Å²) in [6.07, 6.45) is 0.946. The highest BCUT2D eigenvalue weighted by atomic mass is 35.5. The van der Waals surface area contributed by atoms with E-state index in [1.807, 2.05) is 19.1 Å². The molecule has 0 unspecified atom stereocenters. The SMILES string of the molecule is CCc1cc(Cl)cc(C)n1. The first-order valence-electron chi connectivity index (χ1n) is 3.35. The van der Waals surface area contributed by atoms with Crippen molar-refractivity contribution in [2.24, 2.45) is 0 Å². The molecular formula is C8H10ClN. The zero-order valence-electron chi connectivity index (χ0n) is 6.19. The van der Waals surface area contributed by atoms with Crippen LogP contribution in [-0.4, -0.2) is 4.98 Å². The van der Waals surface area contributed by atoms with Crippen LogP contribution < -0.4 is 0 Å². The highest BCUT2D eigenvalue weighted by molar-refractivity contribution is 6.30. The lowest BCUT2D eigenvalue weighted by molar-refractivity contribution is 1.01. The summed E-state index contributed by atoms with van der Waals surface area (Å²) in [6, 6.07) is 3.76. The van der Waals surface area contributed by atoms with E-state index in [-0.39, 0.29) is 0 Å². The van der Waals surface area contributed by atoms with Gasteiger partial charge in [-0.1, -0.05) is 18.5 Å². The normalized spacial score (nSPS) is 9.90. The van der Waals surface area contributed by atoms with Crippen molar-refractivity contribution >= 4 is 11.6 Å². The van der Waals surface area contributed by atoms with E-state index in [0.29, 0.717) is 0 Å². The molecule has 1 heterocycles. The fourth-order valence-electron chi connectivity index (χ4n) is 0.873. The number of hydrogen-bond acceptors (Lipinski definition) is 1. The van der Waals surface area contributed by atoms with Gasteiger partial charge in [0, 0.05) is 16.4 Å². The number of rotatable bonds is 1. The average Bonchev–Trinajstić information content (AvgIpc) is 1.85. The van der Waals surface area contributed by atoms with Crippen molar-refractivity contribution in [3.63, 3.8) is 0 Å². The van der Waals surface area contributed by atoms with Gasteiger partial charge in [-0.2, -0.15) is 0 Å². The number of aromatic nitrogens is 1. The third kappa shape index (κ3) is 1.71. The van der Waals surface area contributed by atoms with Gasteiger partial charge < -0.3 is 0 Å². The van der Waals surface area contributed by atoms with E-state index in [4.69, 9.17) is 11.6 Å². The summed E-state index contributed by atoms with van der Waals surface area (Å²) in [5.74, 6) is 0. The smallest absolute Gasteiger partial charge is 0.0442 e. The molecule has 0 atom stereocenters. The van der Waals surface area contributed by atoms with Gasteiger partial charge in [0.1, 0.15) is 0 Å². The molecule has 0 bridgehead atoms. The fourth-order valence-corrected chi connectivity index (χ4v) is 1.16. The van der Waals surface area contributed by atoms with Crippen LogP contribution in [0.3, 0.4) is 0 Å². The van der Waals surface area contributed by atoms with Gasteiger partial charge in [-0.05, 0) is 25.5 Å². The molecule has 0 fully saturated rings. The lowest BCUT2D eigenvalue weighted by Gasteiger charge is -1.97. The van der Waals surface area contributed by atoms with Crippen LogP contribution in [0.25, 0.3) is 0 Å². The molecular weight excluding hydrogens is 146 g/mol. The summed E-state index contributed by atoms with van der Waals surface area (Å²) in [5, 5.41) is 0.782. The predicted molar refractivity (Wildman–Crippen MR) is 43.4 cm³/mol. The fraction of sp³-hybridized carbons (Fsp3) is 0.375. The van der Waals surface area contributed by atoms with Crippen molar-refractivity contribution in [1.82, 2.24) is 4.98 Å². The Morgan fingerprint density at radius 2 is 2.20 bits per heavy atom. The van der Waals surface area contributed by atoms with E-state index in [9.17, 15) is 0 Å². The van der Waals surface area contributed by atoms with Crippen molar-refractivity contribution in [3.05, 3.63) is 28.5 Å². The standard InChI is InChI=1S/C8H10ClN/c1-3-8-5-7(9)4-6(2)10-8/h4-5H,3H2,1-2H3. The van der Waals surface area contributed by atoms with Gasteiger partial charge >= 0.3 is 0 Å². The van der Waals surface area contributed by atoms with E-state index in [1.54, 1.807) is 0 Å². The van der Waals surface area contributed by atoms with E-state index in [1.165, 1.54) is 0 Å². The highest BCUT2D eigenvalue weighted by Gasteiger charge is 1.94. The monoisotopic (exact) mass is 155 g/mol. The Hall–Kier alpha value is -0.560. The maximum absolute atomic E-state index is 5.79. The molecule has 1 aromatic rings. The first-order chi connectivity index (χ1) is 4.72. The van der Waals surface area contributed by atoms with Crippen LogP contribution in [0.2, 0.25) is 5.02 Å². The van der Waals surface area contributed by atoms with Crippen molar-refractivity contribution < 1.29 is 0 Å². The minimum Gasteiger partial charge on any atom is -0.258 e. The third-order valence-electron chi connectivity index (χ3n) is 1.33. The summed E-state index contributed by atoms with van der Waals surface area (Å²) < 4.78 is 0. The van der Waals surface area contributed by atoms with Crippen LogP contribution in [0.4, 0.5) is 0 Å². The molecule has 0 amide bonds. The van der Waals surface area contributed by atoms with E-state index >= 15 is 0 Å². The van der Waals surface area contributed by atoms with Crippen LogP contribution in [0.1, 0.15) is 18.3 Å². The number of halogens is 1. The van der Waals surface area contributed by atoms with Gasteiger partial charge in [-0.15, -0.1) is 0 Å². The van der Waals surface area contributed by atoms with Crippen LogP contribution in [0.5, 0.6) is 0 Å². The van der Waals surface area contributed by atoms with E-state index in [0.717, 1.165) is 22.8 Å². The van der Waals surface area contributed by atoms with Gasteiger partial charge in [0.15, 0.2) is 0 Å². The number of hydrogen-bond donors (Lipinski definition) is 0. The largest absolute Gasteiger partial charge is 0.258 e. The van der Waals surface area contributed by atoms with E-state index in [2.05, 4.69) is 11.9 Å². The molecule has 1 nitrogen and oxygen atoms in total. The molecule has 2 heteroatoms. The maximum atomic E-state index is 5.79. The van der Waals surface area contributed by atoms with Crippen molar-refractivity contribution in [2.75, 3.05) is 0 Å². The molecule has 0 saturated carbocycles. The summed E-state index contributed by atoms with van der Waals surface area (Å²) in [6.45, 7) is 4.02. The maximum Gasteiger partial charge on any atom is 0.0442 e. The van der Waals surface area contributed by atoms with Gasteiger partial charge in [-0.25, -0.2) is 0 Å².